The Labute approximate surface area is 77.1 Å². The van der Waals surface area contributed by atoms with E-state index in [1.807, 2.05) is 0 Å². The topological polar surface area (TPSA) is 17.1 Å². The quantitative estimate of drug-likeness (QED) is 0.543. The van der Waals surface area contributed by atoms with Crippen LogP contribution in [0.5, 0.6) is 0 Å². The van der Waals surface area contributed by atoms with Crippen LogP contribution in [0.25, 0.3) is 0 Å². The summed E-state index contributed by atoms with van der Waals surface area (Å²) >= 11 is 11.9. The Bertz CT molecular complexity index is 147. The number of hydrogen-bond acceptors (Lipinski definition) is 1. The second kappa shape index (κ2) is 4.32. The molecule has 1 rings (SSSR count). The Balaban J connectivity index is 2.40. The number of carbonyl (C=O) groups is 1. The molecule has 11 heavy (non-hydrogen) atoms. The van der Waals surface area contributed by atoms with Crippen LogP contribution >= 0.6 is 23.2 Å². The minimum atomic E-state index is -0.0130. The van der Waals surface area contributed by atoms with Crippen LogP contribution in [0.3, 0.4) is 0 Å². The van der Waals surface area contributed by atoms with E-state index in [2.05, 4.69) is 0 Å². The van der Waals surface area contributed by atoms with Gasteiger partial charge in [-0.05, 0) is 19.3 Å². The third kappa shape index (κ3) is 3.00. The molecule has 0 aromatic rings. The van der Waals surface area contributed by atoms with Crippen LogP contribution in [-0.2, 0) is 4.79 Å². The molecule has 0 N–H and O–H groups in total. The van der Waals surface area contributed by atoms with Gasteiger partial charge in [0, 0.05) is 18.2 Å². The molecule has 0 aromatic heterocycles. The lowest BCUT2D eigenvalue weighted by Gasteiger charge is -2.18. The highest BCUT2D eigenvalue weighted by atomic mass is 35.5. The van der Waals surface area contributed by atoms with E-state index in [4.69, 9.17) is 23.2 Å². The van der Waals surface area contributed by atoms with Crippen molar-refractivity contribution in [2.45, 2.75) is 42.9 Å². The summed E-state index contributed by atoms with van der Waals surface area (Å²) in [5.41, 5.74) is 0. The van der Waals surface area contributed by atoms with E-state index in [0.717, 1.165) is 19.3 Å². The molecule has 1 saturated carbocycles. The number of ketones is 1. The first kappa shape index (κ1) is 9.34. The van der Waals surface area contributed by atoms with Gasteiger partial charge in [-0.25, -0.2) is 0 Å². The van der Waals surface area contributed by atoms with Crippen LogP contribution in [0.4, 0.5) is 0 Å². The van der Waals surface area contributed by atoms with Gasteiger partial charge < -0.3 is 0 Å². The van der Waals surface area contributed by atoms with Gasteiger partial charge >= 0.3 is 0 Å². The minimum Gasteiger partial charge on any atom is -0.300 e. The number of hydrogen-bond donors (Lipinski definition) is 0. The summed E-state index contributed by atoms with van der Waals surface area (Å²) in [5.74, 6) is 0.333. The molecule has 0 aliphatic heterocycles. The SMILES string of the molecule is O=C1CCCC(Cl)C(Cl)CC1. The molecule has 0 saturated heterocycles. The third-order valence-corrected chi connectivity index (χ3v) is 3.20. The molecule has 0 spiro atoms. The van der Waals surface area contributed by atoms with E-state index in [0.29, 0.717) is 18.6 Å². The number of carbonyl (C=O) groups excluding carboxylic acids is 1. The number of alkyl halides is 2. The average Bonchev–Trinajstić information content (AvgIpc) is 1.98. The van der Waals surface area contributed by atoms with Crippen molar-refractivity contribution in [3.8, 4) is 0 Å². The molecule has 1 aliphatic rings. The molecule has 0 heterocycles. The lowest BCUT2D eigenvalue weighted by atomic mass is 9.99. The Hall–Kier alpha value is 0.250. The van der Waals surface area contributed by atoms with Crippen LogP contribution < -0.4 is 0 Å². The molecule has 0 bridgehead atoms. The maximum absolute atomic E-state index is 11.0. The van der Waals surface area contributed by atoms with Crippen molar-refractivity contribution in [2.24, 2.45) is 0 Å². The maximum Gasteiger partial charge on any atom is 0.132 e. The first-order valence-electron chi connectivity index (χ1n) is 4.00. The average molecular weight is 195 g/mol. The van der Waals surface area contributed by atoms with Gasteiger partial charge in [-0.15, -0.1) is 23.2 Å². The van der Waals surface area contributed by atoms with E-state index in [9.17, 15) is 4.79 Å². The van der Waals surface area contributed by atoms with Gasteiger partial charge in [0.2, 0.25) is 0 Å². The summed E-state index contributed by atoms with van der Waals surface area (Å²) in [6.45, 7) is 0. The molecule has 0 aromatic carbocycles. The molecule has 1 fully saturated rings. The van der Waals surface area contributed by atoms with Gasteiger partial charge in [-0.2, -0.15) is 0 Å². The third-order valence-electron chi connectivity index (χ3n) is 2.03. The molecular weight excluding hydrogens is 183 g/mol. The second-order valence-corrected chi connectivity index (χ2v) is 4.12. The van der Waals surface area contributed by atoms with Gasteiger partial charge in [0.1, 0.15) is 5.78 Å². The molecule has 3 heteroatoms. The molecule has 64 valence electrons. The number of halogens is 2. The minimum absolute atomic E-state index is 0.0130. The highest BCUT2D eigenvalue weighted by molar-refractivity contribution is 6.30. The van der Waals surface area contributed by atoms with Crippen LogP contribution in [0.2, 0.25) is 0 Å². The molecule has 1 aliphatic carbocycles. The summed E-state index contributed by atoms with van der Waals surface area (Å²) in [6, 6.07) is 0. The Morgan fingerprint density at radius 3 is 2.45 bits per heavy atom. The summed E-state index contributed by atoms with van der Waals surface area (Å²) in [6.07, 6.45) is 3.82. The highest BCUT2D eigenvalue weighted by Crippen LogP contribution is 2.23. The zero-order chi connectivity index (χ0) is 8.27. The predicted octanol–water partition coefficient (Wildman–Crippen LogP) is 2.73. The van der Waals surface area contributed by atoms with Gasteiger partial charge in [0.05, 0.1) is 5.38 Å². The van der Waals surface area contributed by atoms with Crippen LogP contribution in [0.1, 0.15) is 32.1 Å². The van der Waals surface area contributed by atoms with Crippen molar-refractivity contribution in [3.63, 3.8) is 0 Å². The number of rotatable bonds is 0. The Kier molecular flexibility index (Phi) is 3.67. The van der Waals surface area contributed by atoms with Gasteiger partial charge in [0.25, 0.3) is 0 Å². The van der Waals surface area contributed by atoms with Gasteiger partial charge in [-0.3, -0.25) is 4.79 Å². The molecule has 2 atom stereocenters. The fourth-order valence-electron chi connectivity index (χ4n) is 1.28. The molecule has 2 unspecified atom stereocenters. The van der Waals surface area contributed by atoms with Crippen molar-refractivity contribution in [1.82, 2.24) is 0 Å². The Morgan fingerprint density at radius 2 is 1.73 bits per heavy atom. The summed E-state index contributed by atoms with van der Waals surface area (Å²) < 4.78 is 0. The molecular formula is C8H12Cl2O. The predicted molar refractivity (Wildman–Crippen MR) is 47.4 cm³/mol. The van der Waals surface area contributed by atoms with Gasteiger partial charge in [-0.1, -0.05) is 0 Å². The molecule has 0 amide bonds. The second-order valence-electron chi connectivity index (χ2n) is 3.00. The van der Waals surface area contributed by atoms with Crippen LogP contribution in [0.15, 0.2) is 0 Å². The highest BCUT2D eigenvalue weighted by Gasteiger charge is 2.20. The van der Waals surface area contributed by atoms with Gasteiger partial charge in [0.15, 0.2) is 0 Å². The fraction of sp³-hybridized carbons (Fsp3) is 0.875. The summed E-state index contributed by atoms with van der Waals surface area (Å²) in [5, 5.41) is 0.0469. The van der Waals surface area contributed by atoms with Crippen molar-refractivity contribution >= 4 is 29.0 Å². The zero-order valence-corrected chi connectivity index (χ0v) is 7.87. The Morgan fingerprint density at radius 1 is 1.09 bits per heavy atom. The summed E-state index contributed by atoms with van der Waals surface area (Å²) in [7, 11) is 0. The smallest absolute Gasteiger partial charge is 0.132 e. The maximum atomic E-state index is 11.0. The number of Topliss-reactive ketones (excluding diaryl/α,β-unsaturated/α-hetero) is 1. The zero-order valence-electron chi connectivity index (χ0n) is 6.35. The van der Waals surface area contributed by atoms with Crippen molar-refractivity contribution < 1.29 is 4.79 Å². The molecule has 0 radical (unpaired) electrons. The lowest BCUT2D eigenvalue weighted by molar-refractivity contribution is -0.119. The van der Waals surface area contributed by atoms with Crippen molar-refractivity contribution in [1.29, 1.82) is 0 Å². The van der Waals surface area contributed by atoms with E-state index in [1.165, 1.54) is 0 Å². The lowest BCUT2D eigenvalue weighted by Crippen LogP contribution is -2.19. The van der Waals surface area contributed by atoms with E-state index < -0.39 is 0 Å². The first-order chi connectivity index (χ1) is 5.20. The van der Waals surface area contributed by atoms with Crippen LogP contribution in [-0.4, -0.2) is 16.5 Å². The first-order valence-corrected chi connectivity index (χ1v) is 4.87. The summed E-state index contributed by atoms with van der Waals surface area (Å²) in [4.78, 5) is 11.0. The fourth-order valence-corrected chi connectivity index (χ4v) is 1.80. The van der Waals surface area contributed by atoms with E-state index in [-0.39, 0.29) is 10.8 Å². The molecule has 1 nitrogen and oxygen atoms in total. The van der Waals surface area contributed by atoms with Crippen molar-refractivity contribution in [2.75, 3.05) is 0 Å². The van der Waals surface area contributed by atoms with Crippen LogP contribution in [0, 0.1) is 0 Å². The largest absolute Gasteiger partial charge is 0.300 e. The normalized spacial score (nSPS) is 34.5. The standard InChI is InChI=1S/C8H12Cl2O/c9-7-3-1-2-6(11)4-5-8(7)10/h7-8H,1-5H2. The van der Waals surface area contributed by atoms with E-state index in [1.54, 1.807) is 0 Å². The van der Waals surface area contributed by atoms with E-state index >= 15 is 0 Å². The van der Waals surface area contributed by atoms with Crippen molar-refractivity contribution in [3.05, 3.63) is 0 Å². The monoisotopic (exact) mass is 194 g/mol.